The molecular weight excluding hydrogens is 274 g/mol. The van der Waals surface area contributed by atoms with Crippen LogP contribution < -0.4 is 5.32 Å². The highest BCUT2D eigenvalue weighted by molar-refractivity contribution is 5.97. The van der Waals surface area contributed by atoms with Crippen LogP contribution in [0.5, 0.6) is 0 Å². The van der Waals surface area contributed by atoms with Gasteiger partial charge in [0.05, 0.1) is 18.8 Å². The third-order valence-electron chi connectivity index (χ3n) is 3.11. The smallest absolute Gasteiger partial charge is 0.266 e. The van der Waals surface area contributed by atoms with E-state index in [0.717, 1.165) is 0 Å². The molecule has 0 aromatic heterocycles. The molecule has 21 heavy (non-hydrogen) atoms. The van der Waals surface area contributed by atoms with Crippen LogP contribution in [-0.4, -0.2) is 63.2 Å². The first-order valence-electron chi connectivity index (χ1n) is 6.85. The van der Waals surface area contributed by atoms with E-state index in [-0.39, 0.29) is 23.7 Å². The average Bonchev–Trinajstić information content (AvgIpc) is 2.46. The van der Waals surface area contributed by atoms with E-state index in [9.17, 15) is 4.79 Å². The van der Waals surface area contributed by atoms with Crippen molar-refractivity contribution in [2.45, 2.75) is 32.3 Å². The van der Waals surface area contributed by atoms with E-state index in [1.165, 1.54) is 20.4 Å². The minimum atomic E-state index is -0.431. The van der Waals surface area contributed by atoms with Crippen molar-refractivity contribution < 1.29 is 19.0 Å². The summed E-state index contributed by atoms with van der Waals surface area (Å²) in [5.41, 5.74) is 0.0576. The van der Waals surface area contributed by atoms with Crippen LogP contribution in [0, 0.1) is 11.3 Å². The van der Waals surface area contributed by atoms with Gasteiger partial charge in [0.25, 0.3) is 5.91 Å². The first-order valence-corrected chi connectivity index (χ1v) is 6.85. The molecule has 0 saturated carbocycles. The molecule has 1 aliphatic heterocycles. The number of carbonyl (C=O) groups excluding carboxylic acids is 1. The lowest BCUT2D eigenvalue weighted by atomic mass is 10.2. The van der Waals surface area contributed by atoms with Crippen molar-refractivity contribution in [1.82, 2.24) is 10.2 Å². The molecule has 0 aromatic rings. The molecule has 1 rings (SSSR count). The van der Waals surface area contributed by atoms with Gasteiger partial charge in [-0.25, -0.2) is 0 Å². The molecule has 0 bridgehead atoms. The van der Waals surface area contributed by atoms with Crippen molar-refractivity contribution in [3.05, 3.63) is 11.8 Å². The number of rotatable bonds is 6. The second kappa shape index (κ2) is 8.62. The number of nitrogens with one attached hydrogen (secondary N) is 1. The summed E-state index contributed by atoms with van der Waals surface area (Å²) in [7, 11) is 3.04. The minimum absolute atomic E-state index is 0.0306. The van der Waals surface area contributed by atoms with Gasteiger partial charge in [0.1, 0.15) is 11.6 Å². The Hall–Kier alpha value is -1.62. The number of nitriles is 1. The van der Waals surface area contributed by atoms with Crippen LogP contribution in [0.3, 0.4) is 0 Å². The number of hydrogen-bond acceptors (Lipinski definition) is 6. The Labute approximate surface area is 125 Å². The average molecular weight is 297 g/mol. The molecule has 7 heteroatoms. The molecule has 0 aliphatic carbocycles. The largest absolute Gasteiger partial charge is 0.385 e. The van der Waals surface area contributed by atoms with Crippen LogP contribution in [0.25, 0.3) is 0 Å². The van der Waals surface area contributed by atoms with Crippen LogP contribution in [0.2, 0.25) is 0 Å². The molecule has 0 radical (unpaired) electrons. The Morgan fingerprint density at radius 2 is 2.00 bits per heavy atom. The van der Waals surface area contributed by atoms with E-state index in [2.05, 4.69) is 5.32 Å². The fourth-order valence-electron chi connectivity index (χ4n) is 2.18. The highest BCUT2D eigenvalue weighted by atomic mass is 16.7. The Balaban J connectivity index is 2.62. The van der Waals surface area contributed by atoms with Crippen molar-refractivity contribution in [1.29, 1.82) is 5.26 Å². The molecule has 118 valence electrons. The van der Waals surface area contributed by atoms with Gasteiger partial charge in [-0.3, -0.25) is 4.79 Å². The Kier molecular flexibility index (Phi) is 7.15. The summed E-state index contributed by atoms with van der Waals surface area (Å²) in [6.07, 6.45) is 0.909. The van der Waals surface area contributed by atoms with Crippen molar-refractivity contribution in [3.8, 4) is 6.07 Å². The normalized spacial score (nSPS) is 23.0. The third-order valence-corrected chi connectivity index (χ3v) is 3.11. The molecule has 2 unspecified atom stereocenters. The number of nitrogens with zero attached hydrogens (tertiary/aromatic N) is 2. The molecule has 1 aliphatic rings. The predicted molar refractivity (Wildman–Crippen MR) is 76.1 cm³/mol. The maximum absolute atomic E-state index is 12.3. The standard InChI is InChI=1S/C14H23N3O4/c1-10-8-17(9-11(2)21-10)14(18)12(5-15)6-16-7-13(19-3)20-4/h6,10-11,13,16H,7-9H2,1-4H3/b12-6-. The molecule has 1 heterocycles. The summed E-state index contributed by atoms with van der Waals surface area (Å²) in [5.74, 6) is -0.293. The minimum Gasteiger partial charge on any atom is -0.385 e. The first kappa shape index (κ1) is 17.4. The van der Waals surface area contributed by atoms with Crippen molar-refractivity contribution >= 4 is 5.91 Å². The van der Waals surface area contributed by atoms with Crippen molar-refractivity contribution in [3.63, 3.8) is 0 Å². The molecule has 0 aromatic carbocycles. The van der Waals surface area contributed by atoms with Crippen LogP contribution in [0.4, 0.5) is 0 Å². The summed E-state index contributed by atoms with van der Waals surface area (Å²) in [5, 5.41) is 12.0. The third kappa shape index (κ3) is 5.34. The zero-order chi connectivity index (χ0) is 15.8. The van der Waals surface area contributed by atoms with Gasteiger partial charge in [0, 0.05) is 33.5 Å². The molecule has 1 amide bonds. The maximum atomic E-state index is 12.3. The highest BCUT2D eigenvalue weighted by Gasteiger charge is 2.27. The van der Waals surface area contributed by atoms with Gasteiger partial charge in [-0.2, -0.15) is 5.26 Å². The van der Waals surface area contributed by atoms with Gasteiger partial charge in [-0.15, -0.1) is 0 Å². The van der Waals surface area contributed by atoms with Gasteiger partial charge in [-0.1, -0.05) is 0 Å². The van der Waals surface area contributed by atoms with Crippen LogP contribution >= 0.6 is 0 Å². The number of morpholine rings is 1. The quantitative estimate of drug-likeness (QED) is 0.429. The van der Waals surface area contributed by atoms with Crippen LogP contribution in [0.15, 0.2) is 11.8 Å². The summed E-state index contributed by atoms with van der Waals surface area (Å²) >= 11 is 0. The van der Waals surface area contributed by atoms with Gasteiger partial charge < -0.3 is 24.4 Å². The number of hydrogen-bond donors (Lipinski definition) is 1. The predicted octanol–water partition coefficient (Wildman–Crippen LogP) is 0.238. The lowest BCUT2D eigenvalue weighted by molar-refractivity contribution is -0.138. The van der Waals surface area contributed by atoms with E-state index in [0.29, 0.717) is 19.6 Å². The second-order valence-electron chi connectivity index (χ2n) is 4.95. The van der Waals surface area contributed by atoms with E-state index >= 15 is 0 Å². The number of carbonyl (C=O) groups is 1. The van der Waals surface area contributed by atoms with Gasteiger partial charge in [0.2, 0.25) is 0 Å². The fourth-order valence-corrected chi connectivity index (χ4v) is 2.18. The molecular formula is C14H23N3O4. The number of ether oxygens (including phenoxy) is 3. The van der Waals surface area contributed by atoms with Gasteiger partial charge >= 0.3 is 0 Å². The topological polar surface area (TPSA) is 83.8 Å². The Morgan fingerprint density at radius 3 is 2.48 bits per heavy atom. The summed E-state index contributed by atoms with van der Waals surface area (Å²) in [4.78, 5) is 14.0. The summed E-state index contributed by atoms with van der Waals surface area (Å²) < 4.78 is 15.6. The van der Waals surface area contributed by atoms with Crippen LogP contribution in [0.1, 0.15) is 13.8 Å². The van der Waals surface area contributed by atoms with E-state index < -0.39 is 6.29 Å². The summed E-state index contributed by atoms with van der Waals surface area (Å²) in [6, 6.07) is 1.92. The molecule has 1 fully saturated rings. The first-order chi connectivity index (χ1) is 10.0. The lowest BCUT2D eigenvalue weighted by Crippen LogP contribution is -2.48. The van der Waals surface area contributed by atoms with Crippen molar-refractivity contribution in [2.75, 3.05) is 33.9 Å². The second-order valence-corrected chi connectivity index (χ2v) is 4.95. The lowest BCUT2D eigenvalue weighted by Gasteiger charge is -2.35. The fraction of sp³-hybridized carbons (Fsp3) is 0.714. The van der Waals surface area contributed by atoms with Crippen LogP contribution in [-0.2, 0) is 19.0 Å². The molecule has 2 atom stereocenters. The SMILES string of the molecule is COC(CN/C=C(/C#N)C(=O)N1CC(C)OC(C)C1)OC. The zero-order valence-electron chi connectivity index (χ0n) is 13.0. The van der Waals surface area contributed by atoms with Crippen molar-refractivity contribution in [2.24, 2.45) is 0 Å². The number of methoxy groups -OCH3 is 2. The molecule has 1 saturated heterocycles. The van der Waals surface area contributed by atoms with E-state index in [4.69, 9.17) is 19.5 Å². The zero-order valence-corrected chi connectivity index (χ0v) is 13.0. The van der Waals surface area contributed by atoms with E-state index in [1.807, 2.05) is 19.9 Å². The Morgan fingerprint density at radius 1 is 1.43 bits per heavy atom. The van der Waals surface area contributed by atoms with Gasteiger partial charge in [-0.05, 0) is 13.8 Å². The monoisotopic (exact) mass is 297 g/mol. The maximum Gasteiger partial charge on any atom is 0.266 e. The summed E-state index contributed by atoms with van der Waals surface area (Å²) in [6.45, 7) is 5.14. The molecule has 1 N–H and O–H groups in total. The highest BCUT2D eigenvalue weighted by Crippen LogP contribution is 2.13. The Bertz CT molecular complexity index is 405. The molecule has 7 nitrogen and oxygen atoms in total. The molecule has 0 spiro atoms. The van der Waals surface area contributed by atoms with Gasteiger partial charge in [0.15, 0.2) is 6.29 Å². The van der Waals surface area contributed by atoms with E-state index in [1.54, 1.807) is 4.90 Å². The number of amides is 1.